The summed E-state index contributed by atoms with van der Waals surface area (Å²) in [5.74, 6) is -1.88. The molecule has 0 saturated carbocycles. The standard InChI is InChI=1S/C28H28N2O6S/c1-6-13-36-19-11-12-20(16(3)14-19)23(31)21-22(18-9-7-15(2)8-10-18)30(26(33)24(21)32)28-29-17(4)25(37-28)27(34)35-5/h7-12,14,22,31H,6,13H2,1-5H3/t22-/m0/s1. The molecule has 0 bridgehead atoms. The average Bonchev–Trinajstić information content (AvgIpc) is 3.39. The van der Waals surface area contributed by atoms with Crippen molar-refractivity contribution in [1.82, 2.24) is 4.98 Å². The van der Waals surface area contributed by atoms with Gasteiger partial charge in [-0.05, 0) is 56.5 Å². The minimum Gasteiger partial charge on any atom is -0.507 e. The Morgan fingerprint density at radius 2 is 1.81 bits per heavy atom. The van der Waals surface area contributed by atoms with Crippen molar-refractivity contribution in [3.63, 3.8) is 0 Å². The smallest absolute Gasteiger partial charge is 0.350 e. The summed E-state index contributed by atoms with van der Waals surface area (Å²) < 4.78 is 10.5. The van der Waals surface area contributed by atoms with Crippen LogP contribution in [0, 0.1) is 20.8 Å². The van der Waals surface area contributed by atoms with Crippen LogP contribution in [-0.2, 0) is 14.3 Å². The third-order valence-corrected chi connectivity index (χ3v) is 7.26. The second-order valence-corrected chi connectivity index (χ2v) is 9.79. The number of aliphatic hydroxyl groups is 1. The van der Waals surface area contributed by atoms with Gasteiger partial charge in [0.1, 0.15) is 16.4 Å². The van der Waals surface area contributed by atoms with Gasteiger partial charge in [-0.2, -0.15) is 0 Å². The molecule has 0 unspecified atom stereocenters. The average molecular weight is 521 g/mol. The number of anilines is 1. The summed E-state index contributed by atoms with van der Waals surface area (Å²) in [6.07, 6.45) is 0.856. The number of aliphatic hydroxyl groups excluding tert-OH is 1. The van der Waals surface area contributed by atoms with Crippen molar-refractivity contribution in [1.29, 1.82) is 0 Å². The SMILES string of the molecule is CCCOc1ccc(C(O)=C2C(=O)C(=O)N(c3nc(C)c(C(=O)OC)s3)[C@H]2c2ccc(C)cc2)c(C)c1. The summed E-state index contributed by atoms with van der Waals surface area (Å²) in [7, 11) is 1.26. The van der Waals surface area contributed by atoms with E-state index >= 15 is 0 Å². The zero-order chi connectivity index (χ0) is 26.9. The van der Waals surface area contributed by atoms with Crippen LogP contribution in [0.25, 0.3) is 5.76 Å². The Hall–Kier alpha value is -3.98. The van der Waals surface area contributed by atoms with Gasteiger partial charge in [0.25, 0.3) is 5.78 Å². The lowest BCUT2D eigenvalue weighted by molar-refractivity contribution is -0.132. The molecule has 8 nitrogen and oxygen atoms in total. The lowest BCUT2D eigenvalue weighted by Crippen LogP contribution is -2.29. The molecule has 1 amide bonds. The van der Waals surface area contributed by atoms with Crippen LogP contribution in [0.1, 0.15) is 57.0 Å². The first-order chi connectivity index (χ1) is 17.7. The highest BCUT2D eigenvalue weighted by atomic mass is 32.1. The Morgan fingerprint density at radius 3 is 2.43 bits per heavy atom. The van der Waals surface area contributed by atoms with Gasteiger partial charge in [-0.3, -0.25) is 14.5 Å². The number of aryl methyl sites for hydroxylation is 3. The molecule has 0 spiro atoms. The second kappa shape index (κ2) is 10.6. The highest BCUT2D eigenvalue weighted by molar-refractivity contribution is 7.17. The number of aromatic nitrogens is 1. The Balaban J connectivity index is 1.89. The largest absolute Gasteiger partial charge is 0.507 e. The third kappa shape index (κ3) is 4.86. The number of methoxy groups -OCH3 is 1. The zero-order valence-corrected chi connectivity index (χ0v) is 22.1. The van der Waals surface area contributed by atoms with Gasteiger partial charge < -0.3 is 14.6 Å². The number of rotatable bonds is 7. The number of hydrogen-bond donors (Lipinski definition) is 1. The molecule has 1 N–H and O–H groups in total. The van der Waals surface area contributed by atoms with Gasteiger partial charge in [0, 0.05) is 5.56 Å². The molecule has 3 aromatic rings. The molecule has 0 radical (unpaired) electrons. The van der Waals surface area contributed by atoms with E-state index in [0.717, 1.165) is 23.3 Å². The van der Waals surface area contributed by atoms with Gasteiger partial charge in [-0.1, -0.05) is 48.1 Å². The number of thiazole rings is 1. The molecular weight excluding hydrogens is 492 g/mol. The Kier molecular flexibility index (Phi) is 7.45. The topological polar surface area (TPSA) is 106 Å². The Bertz CT molecular complexity index is 1410. The van der Waals surface area contributed by atoms with Crippen LogP contribution in [0.15, 0.2) is 48.0 Å². The molecule has 2 aromatic carbocycles. The number of hydrogen-bond acceptors (Lipinski definition) is 8. The zero-order valence-electron chi connectivity index (χ0n) is 21.3. The number of carbonyl (C=O) groups is 3. The normalized spacial score (nSPS) is 16.8. The molecule has 1 atom stereocenters. The number of nitrogens with zero attached hydrogens (tertiary/aromatic N) is 2. The fraction of sp³-hybridized carbons (Fsp3) is 0.286. The van der Waals surface area contributed by atoms with Crippen LogP contribution >= 0.6 is 11.3 Å². The van der Waals surface area contributed by atoms with Gasteiger partial charge in [-0.15, -0.1) is 0 Å². The molecule has 1 fully saturated rings. The van der Waals surface area contributed by atoms with E-state index in [1.54, 1.807) is 32.0 Å². The third-order valence-electron chi connectivity index (χ3n) is 6.13. The summed E-state index contributed by atoms with van der Waals surface area (Å²) in [5.41, 5.74) is 3.07. The van der Waals surface area contributed by atoms with Gasteiger partial charge >= 0.3 is 11.9 Å². The molecule has 9 heteroatoms. The molecule has 1 aromatic heterocycles. The monoisotopic (exact) mass is 520 g/mol. The van der Waals surface area contributed by atoms with Crippen LogP contribution < -0.4 is 9.64 Å². The van der Waals surface area contributed by atoms with Crippen molar-refractivity contribution in [2.24, 2.45) is 0 Å². The predicted molar refractivity (Wildman–Crippen MR) is 141 cm³/mol. The van der Waals surface area contributed by atoms with Gasteiger partial charge in [-0.25, -0.2) is 9.78 Å². The van der Waals surface area contributed by atoms with Crippen molar-refractivity contribution >= 4 is 39.9 Å². The number of ether oxygens (including phenoxy) is 2. The summed E-state index contributed by atoms with van der Waals surface area (Å²) in [6.45, 7) is 7.94. The van der Waals surface area contributed by atoms with Gasteiger partial charge in [0.05, 0.1) is 31.0 Å². The van der Waals surface area contributed by atoms with E-state index < -0.39 is 23.7 Å². The van der Waals surface area contributed by atoms with E-state index in [1.165, 1.54) is 12.0 Å². The summed E-state index contributed by atoms with van der Waals surface area (Å²) in [5, 5.41) is 11.6. The lowest BCUT2D eigenvalue weighted by Gasteiger charge is -2.23. The van der Waals surface area contributed by atoms with Crippen LogP contribution in [-0.4, -0.2) is 41.5 Å². The number of benzene rings is 2. The predicted octanol–water partition coefficient (Wildman–Crippen LogP) is 5.27. The van der Waals surface area contributed by atoms with E-state index in [9.17, 15) is 19.5 Å². The van der Waals surface area contributed by atoms with Crippen molar-refractivity contribution < 1.29 is 29.0 Å². The van der Waals surface area contributed by atoms with Crippen molar-refractivity contribution in [3.8, 4) is 5.75 Å². The maximum atomic E-state index is 13.4. The number of esters is 1. The quantitative estimate of drug-likeness (QED) is 0.196. The minimum atomic E-state index is -0.938. The van der Waals surface area contributed by atoms with Gasteiger partial charge in [0.15, 0.2) is 5.13 Å². The molecule has 192 valence electrons. The number of Topliss-reactive ketones (excluding diaryl/α,β-unsaturated/α-hetero) is 1. The Labute approximate surface area is 219 Å². The molecular formula is C28H28N2O6S. The number of amides is 1. The molecule has 1 aliphatic heterocycles. The maximum absolute atomic E-state index is 13.4. The number of ketones is 1. The van der Waals surface area contributed by atoms with E-state index in [4.69, 9.17) is 9.47 Å². The van der Waals surface area contributed by atoms with E-state index in [0.29, 0.717) is 34.7 Å². The molecule has 2 heterocycles. The lowest BCUT2D eigenvalue weighted by atomic mass is 9.93. The van der Waals surface area contributed by atoms with Crippen molar-refractivity contribution in [2.45, 2.75) is 40.2 Å². The fourth-order valence-electron chi connectivity index (χ4n) is 4.22. The first kappa shape index (κ1) is 26.1. The van der Waals surface area contributed by atoms with Crippen LogP contribution in [0.4, 0.5) is 5.13 Å². The van der Waals surface area contributed by atoms with Crippen LogP contribution in [0.3, 0.4) is 0 Å². The van der Waals surface area contributed by atoms with Crippen molar-refractivity contribution in [3.05, 3.63) is 80.9 Å². The molecule has 37 heavy (non-hydrogen) atoms. The highest BCUT2D eigenvalue weighted by Crippen LogP contribution is 2.44. The number of carbonyl (C=O) groups excluding carboxylic acids is 3. The molecule has 1 aliphatic rings. The fourth-order valence-corrected chi connectivity index (χ4v) is 5.23. The van der Waals surface area contributed by atoms with E-state index in [1.807, 2.05) is 38.1 Å². The first-order valence-electron chi connectivity index (χ1n) is 11.8. The maximum Gasteiger partial charge on any atom is 0.350 e. The Morgan fingerprint density at radius 1 is 1.11 bits per heavy atom. The summed E-state index contributed by atoms with van der Waals surface area (Å²) in [4.78, 5) is 44.9. The van der Waals surface area contributed by atoms with Crippen LogP contribution in [0.2, 0.25) is 0 Å². The van der Waals surface area contributed by atoms with E-state index in [-0.39, 0.29) is 21.3 Å². The highest BCUT2D eigenvalue weighted by Gasteiger charge is 2.48. The molecule has 4 rings (SSSR count). The van der Waals surface area contributed by atoms with Crippen LogP contribution in [0.5, 0.6) is 5.75 Å². The first-order valence-corrected chi connectivity index (χ1v) is 12.7. The van der Waals surface area contributed by atoms with Gasteiger partial charge in [0.2, 0.25) is 0 Å². The summed E-state index contributed by atoms with van der Waals surface area (Å²) in [6, 6.07) is 11.6. The minimum absolute atomic E-state index is 0.0494. The van der Waals surface area contributed by atoms with Crippen molar-refractivity contribution in [2.75, 3.05) is 18.6 Å². The molecule has 0 aliphatic carbocycles. The summed E-state index contributed by atoms with van der Waals surface area (Å²) >= 11 is 0.966. The second-order valence-electron chi connectivity index (χ2n) is 8.81. The van der Waals surface area contributed by atoms with E-state index in [2.05, 4.69) is 4.98 Å². The molecule has 1 saturated heterocycles.